The quantitative estimate of drug-likeness (QED) is 0.541. The van der Waals surface area contributed by atoms with E-state index < -0.39 is 5.60 Å². The number of aliphatic hydroxyl groups is 2. The van der Waals surface area contributed by atoms with Gasteiger partial charge in [0.2, 0.25) is 0 Å². The molecule has 0 aliphatic rings. The van der Waals surface area contributed by atoms with E-state index in [0.717, 1.165) is 22.4 Å². The Bertz CT molecular complexity index is 849. The molecule has 2 unspecified atom stereocenters. The van der Waals surface area contributed by atoms with Crippen molar-refractivity contribution < 1.29 is 19.7 Å². The second kappa shape index (κ2) is 10.2. The molecule has 3 aromatic rings. The van der Waals surface area contributed by atoms with Gasteiger partial charge in [0, 0.05) is 12.5 Å². The zero-order valence-electron chi connectivity index (χ0n) is 16.7. The number of benzene rings is 3. The van der Waals surface area contributed by atoms with Crippen molar-refractivity contribution >= 4 is 0 Å². The van der Waals surface area contributed by atoms with Crippen LogP contribution in [0, 0.1) is 0 Å². The normalized spacial score (nSPS) is 14.2. The highest BCUT2D eigenvalue weighted by atomic mass is 16.5. The molecule has 0 spiro atoms. The fraction of sp³-hybridized carbons (Fsp3) is 0.280. The Morgan fingerprint density at radius 1 is 0.828 bits per heavy atom. The molecule has 0 aliphatic heterocycles. The Hall–Kier alpha value is -2.66. The van der Waals surface area contributed by atoms with Gasteiger partial charge in [0.15, 0.2) is 0 Å². The van der Waals surface area contributed by atoms with Crippen LogP contribution >= 0.6 is 0 Å². The lowest BCUT2D eigenvalue weighted by Gasteiger charge is -2.40. The molecule has 29 heavy (non-hydrogen) atoms. The number of hydrogen-bond acceptors (Lipinski definition) is 4. The molecule has 3 aromatic carbocycles. The highest BCUT2D eigenvalue weighted by Crippen LogP contribution is 2.43. The minimum Gasteiger partial charge on any atom is -0.497 e. The average molecular weight is 392 g/mol. The summed E-state index contributed by atoms with van der Waals surface area (Å²) < 4.78 is 11.8. The molecule has 4 heteroatoms. The van der Waals surface area contributed by atoms with Crippen LogP contribution in [0.5, 0.6) is 5.75 Å². The second-order valence-electron chi connectivity index (χ2n) is 7.03. The first-order valence-corrected chi connectivity index (χ1v) is 9.82. The largest absolute Gasteiger partial charge is 0.497 e. The van der Waals surface area contributed by atoms with Crippen LogP contribution in [-0.2, 0) is 16.9 Å². The van der Waals surface area contributed by atoms with Crippen LogP contribution < -0.4 is 4.74 Å². The van der Waals surface area contributed by atoms with E-state index in [1.165, 1.54) is 0 Å². The molecule has 0 radical (unpaired) electrons. The molecule has 0 fully saturated rings. The van der Waals surface area contributed by atoms with Crippen molar-refractivity contribution in [1.29, 1.82) is 0 Å². The van der Waals surface area contributed by atoms with Gasteiger partial charge < -0.3 is 19.7 Å². The van der Waals surface area contributed by atoms with E-state index >= 15 is 0 Å². The first kappa shape index (κ1) is 21.1. The van der Waals surface area contributed by atoms with Crippen LogP contribution in [0.3, 0.4) is 0 Å². The van der Waals surface area contributed by atoms with E-state index in [1.807, 2.05) is 84.9 Å². The van der Waals surface area contributed by atoms with E-state index in [1.54, 1.807) is 7.11 Å². The van der Waals surface area contributed by atoms with E-state index in [9.17, 15) is 10.2 Å². The summed E-state index contributed by atoms with van der Waals surface area (Å²) in [5, 5.41) is 20.5. The maximum atomic E-state index is 10.6. The lowest BCUT2D eigenvalue weighted by molar-refractivity contribution is -0.116. The Morgan fingerprint density at radius 2 is 1.45 bits per heavy atom. The number of methoxy groups -OCH3 is 1. The summed E-state index contributed by atoms with van der Waals surface area (Å²) in [5.41, 5.74) is 1.89. The Balaban J connectivity index is 2.04. The third kappa shape index (κ3) is 4.85. The summed E-state index contributed by atoms with van der Waals surface area (Å²) in [6.07, 6.45) is 0.455. The Kier molecular flexibility index (Phi) is 7.42. The topological polar surface area (TPSA) is 58.9 Å². The third-order valence-electron chi connectivity index (χ3n) is 5.34. The second-order valence-corrected chi connectivity index (χ2v) is 7.03. The van der Waals surface area contributed by atoms with Gasteiger partial charge in [-0.05, 0) is 35.2 Å². The zero-order chi connectivity index (χ0) is 20.5. The predicted octanol–water partition coefficient (Wildman–Crippen LogP) is 4.27. The first-order valence-electron chi connectivity index (χ1n) is 9.82. The maximum Gasteiger partial charge on any atom is 0.123 e. The monoisotopic (exact) mass is 392 g/mol. The van der Waals surface area contributed by atoms with Crippen LogP contribution in [-0.4, -0.2) is 30.5 Å². The summed E-state index contributed by atoms with van der Waals surface area (Å²) in [6.45, 7) is 0.134. The SMILES string of the molecule is COc1ccc(C(CCO)C(CO)(OCc2ccccc2)c2ccccc2)cc1. The fourth-order valence-electron chi connectivity index (χ4n) is 3.77. The van der Waals surface area contributed by atoms with Crippen LogP contribution in [0.2, 0.25) is 0 Å². The number of rotatable bonds is 10. The van der Waals surface area contributed by atoms with Gasteiger partial charge >= 0.3 is 0 Å². The highest BCUT2D eigenvalue weighted by Gasteiger charge is 2.42. The Labute approximate surface area is 172 Å². The number of hydrogen-bond donors (Lipinski definition) is 2. The summed E-state index contributed by atoms with van der Waals surface area (Å²) in [4.78, 5) is 0. The molecule has 2 N–H and O–H groups in total. The molecule has 0 aromatic heterocycles. The van der Waals surface area contributed by atoms with Crippen molar-refractivity contribution in [3.05, 3.63) is 102 Å². The molecule has 0 bridgehead atoms. The van der Waals surface area contributed by atoms with Crippen molar-refractivity contribution in [1.82, 2.24) is 0 Å². The lowest BCUT2D eigenvalue weighted by atomic mass is 9.75. The van der Waals surface area contributed by atoms with Gasteiger partial charge in [-0.25, -0.2) is 0 Å². The standard InChI is InChI=1S/C25H28O4/c1-28-23-14-12-21(13-15-23)24(16-17-26)25(19-27,22-10-6-3-7-11-22)29-18-20-8-4-2-5-9-20/h2-15,24,26-27H,16-19H2,1H3. The maximum absolute atomic E-state index is 10.6. The Morgan fingerprint density at radius 3 is 2.00 bits per heavy atom. The van der Waals surface area contributed by atoms with Crippen molar-refractivity contribution in [2.75, 3.05) is 20.3 Å². The molecule has 2 atom stereocenters. The zero-order valence-corrected chi connectivity index (χ0v) is 16.7. The van der Waals surface area contributed by atoms with Gasteiger partial charge in [0.1, 0.15) is 11.4 Å². The van der Waals surface area contributed by atoms with E-state index in [-0.39, 0.29) is 19.1 Å². The molecular formula is C25H28O4. The van der Waals surface area contributed by atoms with Crippen LogP contribution in [0.15, 0.2) is 84.9 Å². The smallest absolute Gasteiger partial charge is 0.123 e. The molecule has 4 nitrogen and oxygen atoms in total. The van der Waals surface area contributed by atoms with Crippen LogP contribution in [0.4, 0.5) is 0 Å². The van der Waals surface area contributed by atoms with E-state index in [4.69, 9.17) is 9.47 Å². The highest BCUT2D eigenvalue weighted by molar-refractivity contribution is 5.35. The third-order valence-corrected chi connectivity index (χ3v) is 5.34. The molecule has 0 heterocycles. The van der Waals surface area contributed by atoms with Gasteiger partial charge in [0.05, 0.1) is 20.3 Å². The van der Waals surface area contributed by atoms with Gasteiger partial charge in [-0.2, -0.15) is 0 Å². The molecule has 152 valence electrons. The average Bonchev–Trinajstić information content (AvgIpc) is 2.80. The van der Waals surface area contributed by atoms with Crippen molar-refractivity contribution in [2.24, 2.45) is 0 Å². The molecular weight excluding hydrogens is 364 g/mol. The van der Waals surface area contributed by atoms with Gasteiger partial charge in [-0.1, -0.05) is 72.8 Å². The van der Waals surface area contributed by atoms with E-state index in [0.29, 0.717) is 13.0 Å². The first-order chi connectivity index (χ1) is 14.2. The van der Waals surface area contributed by atoms with Crippen LogP contribution in [0.25, 0.3) is 0 Å². The molecule has 0 amide bonds. The molecule has 3 rings (SSSR count). The summed E-state index contributed by atoms with van der Waals surface area (Å²) in [6, 6.07) is 27.4. The van der Waals surface area contributed by atoms with Crippen molar-refractivity contribution in [3.8, 4) is 5.75 Å². The van der Waals surface area contributed by atoms with E-state index in [2.05, 4.69) is 0 Å². The number of ether oxygens (including phenoxy) is 2. The molecule has 0 aliphatic carbocycles. The minimum absolute atomic E-state index is 0.0139. The molecule has 0 saturated heterocycles. The van der Waals surface area contributed by atoms with Crippen molar-refractivity contribution in [3.63, 3.8) is 0 Å². The van der Waals surface area contributed by atoms with Gasteiger partial charge in [-0.3, -0.25) is 0 Å². The van der Waals surface area contributed by atoms with Crippen LogP contribution in [0.1, 0.15) is 29.0 Å². The molecule has 0 saturated carbocycles. The fourth-order valence-corrected chi connectivity index (χ4v) is 3.77. The van der Waals surface area contributed by atoms with Gasteiger partial charge in [0.25, 0.3) is 0 Å². The summed E-state index contributed by atoms with van der Waals surface area (Å²) in [7, 11) is 1.63. The summed E-state index contributed by atoms with van der Waals surface area (Å²) in [5.74, 6) is 0.519. The predicted molar refractivity (Wildman–Crippen MR) is 114 cm³/mol. The van der Waals surface area contributed by atoms with Gasteiger partial charge in [-0.15, -0.1) is 0 Å². The summed E-state index contributed by atoms with van der Waals surface area (Å²) >= 11 is 0. The van der Waals surface area contributed by atoms with Crippen molar-refractivity contribution in [2.45, 2.75) is 24.5 Å². The minimum atomic E-state index is -0.992. The number of aliphatic hydroxyl groups excluding tert-OH is 2. The lowest BCUT2D eigenvalue weighted by Crippen LogP contribution is -2.41.